The molecular formula is C15H23N3O3. The summed E-state index contributed by atoms with van der Waals surface area (Å²) in [5.41, 5.74) is 2.55. The van der Waals surface area contributed by atoms with Gasteiger partial charge in [-0.1, -0.05) is 6.08 Å². The lowest BCUT2D eigenvalue weighted by Crippen LogP contribution is -2.42. The van der Waals surface area contributed by atoms with E-state index in [0.29, 0.717) is 12.8 Å². The van der Waals surface area contributed by atoms with Gasteiger partial charge in [0.1, 0.15) is 6.04 Å². The third-order valence-corrected chi connectivity index (χ3v) is 3.67. The maximum Gasteiger partial charge on any atom is 0.326 e. The Morgan fingerprint density at radius 3 is 2.52 bits per heavy atom. The van der Waals surface area contributed by atoms with Crippen molar-refractivity contribution in [3.63, 3.8) is 0 Å². The van der Waals surface area contributed by atoms with Crippen LogP contribution in [0.3, 0.4) is 0 Å². The van der Waals surface area contributed by atoms with Crippen molar-refractivity contribution in [3.05, 3.63) is 29.6 Å². The third-order valence-electron chi connectivity index (χ3n) is 3.67. The van der Waals surface area contributed by atoms with E-state index in [-0.39, 0.29) is 5.91 Å². The summed E-state index contributed by atoms with van der Waals surface area (Å²) in [7, 11) is 1.82. The summed E-state index contributed by atoms with van der Waals surface area (Å²) in [6, 6.07) is -0.893. The lowest BCUT2D eigenvalue weighted by Gasteiger charge is -2.18. The highest BCUT2D eigenvalue weighted by Crippen LogP contribution is 2.23. The van der Waals surface area contributed by atoms with E-state index < -0.39 is 17.9 Å². The lowest BCUT2D eigenvalue weighted by atomic mass is 9.97. The summed E-state index contributed by atoms with van der Waals surface area (Å²) in [5.74, 6) is -1.77. The molecule has 0 radical (unpaired) electrons. The van der Waals surface area contributed by atoms with Crippen molar-refractivity contribution < 1.29 is 14.7 Å². The molecule has 2 atom stereocenters. The molecule has 6 nitrogen and oxygen atoms in total. The third kappa shape index (κ3) is 3.93. The largest absolute Gasteiger partial charge is 0.480 e. The molecule has 1 amide bonds. The van der Waals surface area contributed by atoms with Gasteiger partial charge in [-0.2, -0.15) is 5.10 Å². The molecule has 2 unspecified atom stereocenters. The molecule has 0 bridgehead atoms. The molecule has 6 heteroatoms. The van der Waals surface area contributed by atoms with Gasteiger partial charge in [0.25, 0.3) is 0 Å². The highest BCUT2D eigenvalue weighted by atomic mass is 16.4. The first-order chi connectivity index (χ1) is 9.79. The van der Waals surface area contributed by atoms with Crippen LogP contribution in [-0.2, 0) is 16.6 Å². The summed E-state index contributed by atoms with van der Waals surface area (Å²) in [5, 5.41) is 16.0. The first-order valence-electron chi connectivity index (χ1n) is 6.93. The molecular weight excluding hydrogens is 270 g/mol. The topological polar surface area (TPSA) is 84.2 Å². The van der Waals surface area contributed by atoms with Gasteiger partial charge in [-0.25, -0.2) is 4.79 Å². The van der Waals surface area contributed by atoms with Crippen LogP contribution in [0.15, 0.2) is 12.7 Å². The first kappa shape index (κ1) is 16.9. The maximum absolute atomic E-state index is 12.3. The number of nitrogens with zero attached hydrogens (tertiary/aromatic N) is 2. The molecule has 0 saturated heterocycles. The zero-order chi connectivity index (χ0) is 16.2. The predicted octanol–water partition coefficient (Wildman–Crippen LogP) is 1.68. The van der Waals surface area contributed by atoms with E-state index in [9.17, 15) is 9.59 Å². The number of carboxylic acid groups (broad SMARTS) is 1. The number of nitrogens with one attached hydrogen (secondary N) is 1. The average Bonchev–Trinajstić information content (AvgIpc) is 2.66. The van der Waals surface area contributed by atoms with E-state index in [1.807, 2.05) is 20.9 Å². The molecule has 1 rings (SSSR count). The Labute approximate surface area is 124 Å². The Morgan fingerprint density at radius 1 is 1.48 bits per heavy atom. The van der Waals surface area contributed by atoms with Gasteiger partial charge >= 0.3 is 5.97 Å². The second kappa shape index (κ2) is 7.06. The fourth-order valence-electron chi connectivity index (χ4n) is 2.39. The van der Waals surface area contributed by atoms with Crippen LogP contribution in [0.25, 0.3) is 0 Å². The van der Waals surface area contributed by atoms with Crippen molar-refractivity contribution in [2.75, 3.05) is 0 Å². The van der Waals surface area contributed by atoms with Crippen LogP contribution in [0.1, 0.15) is 42.6 Å². The van der Waals surface area contributed by atoms with Crippen LogP contribution in [0.4, 0.5) is 0 Å². The number of rotatable bonds is 7. The second-order valence-corrected chi connectivity index (χ2v) is 5.20. The smallest absolute Gasteiger partial charge is 0.326 e. The monoisotopic (exact) mass is 293 g/mol. The van der Waals surface area contributed by atoms with E-state index in [4.69, 9.17) is 5.11 Å². The molecule has 1 aromatic heterocycles. The highest BCUT2D eigenvalue weighted by Gasteiger charge is 2.26. The van der Waals surface area contributed by atoms with E-state index in [2.05, 4.69) is 17.0 Å². The van der Waals surface area contributed by atoms with Crippen molar-refractivity contribution in [1.29, 1.82) is 0 Å². The van der Waals surface area contributed by atoms with E-state index in [1.165, 1.54) is 0 Å². The fraction of sp³-hybridized carbons (Fsp3) is 0.533. The van der Waals surface area contributed by atoms with Crippen molar-refractivity contribution in [2.24, 2.45) is 7.05 Å². The van der Waals surface area contributed by atoms with Crippen LogP contribution in [0.5, 0.6) is 0 Å². The van der Waals surface area contributed by atoms with E-state index in [0.717, 1.165) is 17.0 Å². The molecule has 0 saturated carbocycles. The van der Waals surface area contributed by atoms with Gasteiger partial charge in [0.15, 0.2) is 0 Å². The zero-order valence-electron chi connectivity index (χ0n) is 13.0. The molecule has 1 aromatic rings. The predicted molar refractivity (Wildman–Crippen MR) is 80.1 cm³/mol. The van der Waals surface area contributed by atoms with Crippen LogP contribution in [-0.4, -0.2) is 32.8 Å². The molecule has 1 heterocycles. The average molecular weight is 293 g/mol. The summed E-state index contributed by atoms with van der Waals surface area (Å²) in [4.78, 5) is 23.5. The number of carboxylic acids is 1. The molecule has 0 spiro atoms. The zero-order valence-corrected chi connectivity index (χ0v) is 13.0. The van der Waals surface area contributed by atoms with Crippen LogP contribution in [0.2, 0.25) is 0 Å². The summed E-state index contributed by atoms with van der Waals surface area (Å²) < 4.78 is 1.72. The quantitative estimate of drug-likeness (QED) is 0.749. The van der Waals surface area contributed by atoms with Gasteiger partial charge in [-0.3, -0.25) is 9.48 Å². The number of carbonyl (C=O) groups is 2. The molecule has 0 aliphatic heterocycles. The van der Waals surface area contributed by atoms with Crippen LogP contribution < -0.4 is 5.32 Å². The number of carbonyl (C=O) groups excluding carboxylic acids is 1. The van der Waals surface area contributed by atoms with Gasteiger partial charge in [0.2, 0.25) is 5.91 Å². The molecule has 21 heavy (non-hydrogen) atoms. The SMILES string of the molecule is C=CCCC(NC(=O)C(C)c1c(C)nn(C)c1C)C(=O)O. The summed E-state index contributed by atoms with van der Waals surface area (Å²) >= 11 is 0. The number of hydrogen-bond acceptors (Lipinski definition) is 3. The van der Waals surface area contributed by atoms with Gasteiger partial charge < -0.3 is 10.4 Å². The van der Waals surface area contributed by atoms with Gasteiger partial charge in [-0.15, -0.1) is 6.58 Å². The van der Waals surface area contributed by atoms with E-state index in [1.54, 1.807) is 17.7 Å². The number of aromatic nitrogens is 2. The molecule has 0 aliphatic rings. The van der Waals surface area contributed by atoms with Gasteiger partial charge in [-0.05, 0) is 33.6 Å². The van der Waals surface area contributed by atoms with Gasteiger partial charge in [0.05, 0.1) is 11.6 Å². The summed E-state index contributed by atoms with van der Waals surface area (Å²) in [6.45, 7) is 9.07. The van der Waals surface area contributed by atoms with Crippen molar-refractivity contribution >= 4 is 11.9 Å². The second-order valence-electron chi connectivity index (χ2n) is 5.20. The Kier molecular flexibility index (Phi) is 5.69. The molecule has 0 aromatic carbocycles. The minimum atomic E-state index is -1.03. The Hall–Kier alpha value is -2.11. The maximum atomic E-state index is 12.3. The van der Waals surface area contributed by atoms with Crippen LogP contribution >= 0.6 is 0 Å². The molecule has 116 valence electrons. The lowest BCUT2D eigenvalue weighted by molar-refractivity contribution is -0.142. The Balaban J connectivity index is 2.86. The van der Waals surface area contributed by atoms with E-state index >= 15 is 0 Å². The summed E-state index contributed by atoms with van der Waals surface area (Å²) in [6.07, 6.45) is 2.51. The minimum absolute atomic E-state index is 0.300. The number of amides is 1. The van der Waals surface area contributed by atoms with Crippen molar-refractivity contribution in [3.8, 4) is 0 Å². The number of allylic oxidation sites excluding steroid dienone is 1. The minimum Gasteiger partial charge on any atom is -0.480 e. The van der Waals surface area contributed by atoms with Crippen LogP contribution in [0, 0.1) is 13.8 Å². The highest BCUT2D eigenvalue weighted by molar-refractivity contribution is 5.88. The molecule has 0 fully saturated rings. The fourth-order valence-corrected chi connectivity index (χ4v) is 2.39. The first-order valence-corrected chi connectivity index (χ1v) is 6.93. The molecule has 0 aliphatic carbocycles. The van der Waals surface area contributed by atoms with Gasteiger partial charge in [0, 0.05) is 18.3 Å². The number of hydrogen-bond donors (Lipinski definition) is 2. The standard InChI is InChI=1S/C15H23N3O3/c1-6-7-8-12(15(20)21)16-14(19)9(2)13-10(3)17-18(5)11(13)4/h6,9,12H,1,7-8H2,2-5H3,(H,16,19)(H,20,21). The number of aliphatic carboxylic acids is 1. The van der Waals surface area contributed by atoms with Crippen molar-refractivity contribution in [2.45, 2.75) is 45.6 Å². The number of aryl methyl sites for hydroxylation is 2. The normalized spacial score (nSPS) is 13.5. The molecule has 2 N–H and O–H groups in total. The Bertz CT molecular complexity index is 549. The Morgan fingerprint density at radius 2 is 2.10 bits per heavy atom. The van der Waals surface area contributed by atoms with Crippen molar-refractivity contribution in [1.82, 2.24) is 15.1 Å².